The molecule has 0 atom stereocenters. The summed E-state index contributed by atoms with van der Waals surface area (Å²) in [6, 6.07) is 12.6. The molecule has 0 aromatic heterocycles. The van der Waals surface area contributed by atoms with Crippen molar-refractivity contribution in [2.45, 2.75) is 11.8 Å². The predicted octanol–water partition coefficient (Wildman–Crippen LogP) is 6.31. The van der Waals surface area contributed by atoms with Gasteiger partial charge in [-0.3, -0.25) is 0 Å². The highest BCUT2D eigenvalue weighted by Gasteiger charge is 2.31. The molecule has 0 fully saturated rings. The molecule has 0 amide bonds. The first kappa shape index (κ1) is 17.3. The van der Waals surface area contributed by atoms with Crippen LogP contribution in [0.5, 0.6) is 0 Å². The Balaban J connectivity index is 2.42. The number of halogens is 5. The van der Waals surface area contributed by atoms with E-state index in [1.165, 1.54) is 12.1 Å². The lowest BCUT2D eigenvalue weighted by Gasteiger charge is -2.31. The van der Waals surface area contributed by atoms with Crippen molar-refractivity contribution in [3.05, 3.63) is 68.4 Å². The lowest BCUT2D eigenvalue weighted by Crippen LogP contribution is -2.33. The summed E-state index contributed by atoms with van der Waals surface area (Å²) in [5, 5.41) is 0. The Morgan fingerprint density at radius 3 is 2.14 bits per heavy atom. The van der Waals surface area contributed by atoms with Gasteiger partial charge in [0.15, 0.2) is 0 Å². The molecular formula is C16H13Br2Cl2F. The SMILES string of the molecule is Fc1ccc(Br)c(CC(CCl)(CCl)c2ccc(Br)cc2)c1. The quantitative estimate of drug-likeness (QED) is 0.464. The summed E-state index contributed by atoms with van der Waals surface area (Å²) in [4.78, 5) is 0. The van der Waals surface area contributed by atoms with Gasteiger partial charge in [0, 0.05) is 26.1 Å². The Morgan fingerprint density at radius 1 is 0.952 bits per heavy atom. The highest BCUT2D eigenvalue weighted by Crippen LogP contribution is 2.34. The van der Waals surface area contributed by atoms with E-state index in [2.05, 4.69) is 31.9 Å². The Bertz CT molecular complexity index is 610. The molecule has 0 saturated heterocycles. The second kappa shape index (κ2) is 7.45. The van der Waals surface area contributed by atoms with Gasteiger partial charge in [0.25, 0.3) is 0 Å². The van der Waals surface area contributed by atoms with Gasteiger partial charge in [-0.25, -0.2) is 4.39 Å². The molecule has 0 heterocycles. The number of hydrogen-bond acceptors (Lipinski definition) is 0. The molecule has 0 nitrogen and oxygen atoms in total. The van der Waals surface area contributed by atoms with Gasteiger partial charge in [-0.2, -0.15) is 0 Å². The molecule has 0 saturated carbocycles. The van der Waals surface area contributed by atoms with Gasteiger partial charge in [-0.15, -0.1) is 23.2 Å². The Morgan fingerprint density at radius 2 is 1.57 bits per heavy atom. The van der Waals surface area contributed by atoms with Crippen LogP contribution in [-0.4, -0.2) is 11.8 Å². The molecule has 0 spiro atoms. The van der Waals surface area contributed by atoms with E-state index in [0.717, 1.165) is 20.1 Å². The second-order valence-corrected chi connectivity index (χ2v) is 7.27. The number of hydrogen-bond donors (Lipinski definition) is 0. The Labute approximate surface area is 150 Å². The molecule has 0 aliphatic heterocycles. The van der Waals surface area contributed by atoms with Crippen LogP contribution in [0.3, 0.4) is 0 Å². The van der Waals surface area contributed by atoms with Crippen molar-refractivity contribution in [3.8, 4) is 0 Å². The number of benzene rings is 2. The molecule has 112 valence electrons. The maximum Gasteiger partial charge on any atom is 0.123 e. The highest BCUT2D eigenvalue weighted by atomic mass is 79.9. The van der Waals surface area contributed by atoms with E-state index < -0.39 is 5.41 Å². The lowest BCUT2D eigenvalue weighted by molar-refractivity contribution is 0.531. The van der Waals surface area contributed by atoms with Crippen LogP contribution in [0.25, 0.3) is 0 Å². The highest BCUT2D eigenvalue weighted by molar-refractivity contribution is 9.10. The second-order valence-electron chi connectivity index (χ2n) is 4.97. The minimum Gasteiger partial charge on any atom is -0.207 e. The molecule has 0 aliphatic rings. The van der Waals surface area contributed by atoms with E-state index in [1.807, 2.05) is 24.3 Å². The van der Waals surface area contributed by atoms with E-state index in [9.17, 15) is 4.39 Å². The molecule has 2 aromatic rings. The summed E-state index contributed by atoms with van der Waals surface area (Å²) in [6.45, 7) is 0. The van der Waals surface area contributed by atoms with Crippen molar-refractivity contribution in [1.82, 2.24) is 0 Å². The molecule has 21 heavy (non-hydrogen) atoms. The summed E-state index contributed by atoms with van der Waals surface area (Å²) >= 11 is 19.4. The van der Waals surface area contributed by atoms with Gasteiger partial charge in [-0.05, 0) is 47.9 Å². The third-order valence-electron chi connectivity index (χ3n) is 3.50. The normalized spacial score (nSPS) is 11.7. The summed E-state index contributed by atoms with van der Waals surface area (Å²) in [5.74, 6) is 0.462. The number of rotatable bonds is 5. The van der Waals surface area contributed by atoms with Crippen molar-refractivity contribution < 1.29 is 4.39 Å². The zero-order valence-corrected chi connectivity index (χ0v) is 15.7. The van der Waals surface area contributed by atoms with E-state index in [0.29, 0.717) is 18.2 Å². The van der Waals surface area contributed by atoms with Crippen LogP contribution in [0, 0.1) is 5.82 Å². The fourth-order valence-electron chi connectivity index (χ4n) is 2.23. The fourth-order valence-corrected chi connectivity index (χ4v) is 3.67. The Hall–Kier alpha value is -0.0900. The molecule has 2 rings (SSSR count). The van der Waals surface area contributed by atoms with Gasteiger partial charge >= 0.3 is 0 Å². The van der Waals surface area contributed by atoms with Gasteiger partial charge < -0.3 is 0 Å². The monoisotopic (exact) mass is 452 g/mol. The zero-order valence-electron chi connectivity index (χ0n) is 11.1. The van der Waals surface area contributed by atoms with E-state index in [1.54, 1.807) is 6.07 Å². The van der Waals surface area contributed by atoms with Crippen molar-refractivity contribution >= 4 is 55.1 Å². The molecule has 0 unspecified atom stereocenters. The van der Waals surface area contributed by atoms with Crippen LogP contribution in [0.2, 0.25) is 0 Å². The standard InChI is InChI=1S/C16H13Br2Cl2F/c17-13-3-1-12(2-4-13)16(9-19,10-20)8-11-7-14(21)5-6-15(11)18/h1-7H,8-10H2. The maximum atomic E-state index is 13.5. The fraction of sp³-hybridized carbons (Fsp3) is 0.250. The molecule has 0 aliphatic carbocycles. The first-order valence-corrected chi connectivity index (χ1v) is 8.98. The van der Waals surface area contributed by atoms with Crippen LogP contribution in [0.4, 0.5) is 4.39 Å². The smallest absolute Gasteiger partial charge is 0.123 e. The van der Waals surface area contributed by atoms with Gasteiger partial charge in [0.2, 0.25) is 0 Å². The van der Waals surface area contributed by atoms with Gasteiger partial charge in [0.1, 0.15) is 5.82 Å². The maximum absolute atomic E-state index is 13.5. The first-order valence-electron chi connectivity index (χ1n) is 6.33. The largest absolute Gasteiger partial charge is 0.207 e. The third kappa shape index (κ3) is 4.01. The van der Waals surface area contributed by atoms with Crippen molar-refractivity contribution in [1.29, 1.82) is 0 Å². The average Bonchev–Trinajstić information content (AvgIpc) is 2.49. The molecular weight excluding hydrogens is 442 g/mol. The van der Waals surface area contributed by atoms with Crippen molar-refractivity contribution in [3.63, 3.8) is 0 Å². The summed E-state index contributed by atoms with van der Waals surface area (Å²) in [7, 11) is 0. The average molecular weight is 455 g/mol. The summed E-state index contributed by atoms with van der Waals surface area (Å²) < 4.78 is 15.4. The van der Waals surface area contributed by atoms with E-state index in [-0.39, 0.29) is 5.82 Å². The van der Waals surface area contributed by atoms with Crippen molar-refractivity contribution in [2.75, 3.05) is 11.8 Å². The zero-order chi connectivity index (χ0) is 15.5. The molecule has 0 N–H and O–H groups in total. The van der Waals surface area contributed by atoms with E-state index in [4.69, 9.17) is 23.2 Å². The molecule has 0 radical (unpaired) electrons. The van der Waals surface area contributed by atoms with Crippen LogP contribution in [0.1, 0.15) is 11.1 Å². The third-order valence-corrected chi connectivity index (χ3v) is 5.83. The minimum atomic E-state index is -0.430. The number of alkyl halides is 2. The van der Waals surface area contributed by atoms with Crippen molar-refractivity contribution in [2.24, 2.45) is 0 Å². The Kier molecular flexibility index (Phi) is 6.13. The topological polar surface area (TPSA) is 0 Å². The van der Waals surface area contributed by atoms with Crippen LogP contribution < -0.4 is 0 Å². The molecule has 0 bridgehead atoms. The summed E-state index contributed by atoms with van der Waals surface area (Å²) in [6.07, 6.45) is 0.569. The van der Waals surface area contributed by atoms with Gasteiger partial charge in [-0.1, -0.05) is 44.0 Å². The first-order chi connectivity index (χ1) is 10.0. The van der Waals surface area contributed by atoms with Crippen LogP contribution >= 0.6 is 55.1 Å². The van der Waals surface area contributed by atoms with Crippen LogP contribution in [-0.2, 0) is 11.8 Å². The molecule has 2 aromatic carbocycles. The van der Waals surface area contributed by atoms with E-state index >= 15 is 0 Å². The lowest BCUT2D eigenvalue weighted by atomic mass is 9.79. The minimum absolute atomic E-state index is 0.262. The van der Waals surface area contributed by atoms with Gasteiger partial charge in [0.05, 0.1) is 0 Å². The predicted molar refractivity (Wildman–Crippen MR) is 95.1 cm³/mol. The molecule has 5 heteroatoms. The summed E-state index contributed by atoms with van der Waals surface area (Å²) in [5.41, 5.74) is 1.48. The van der Waals surface area contributed by atoms with Crippen LogP contribution in [0.15, 0.2) is 51.4 Å².